The summed E-state index contributed by atoms with van der Waals surface area (Å²) in [6.07, 6.45) is 4.10. The van der Waals surface area contributed by atoms with Crippen LogP contribution in [0.4, 0.5) is 0 Å². The minimum Gasteiger partial charge on any atom is -0.508 e. The predicted octanol–water partition coefficient (Wildman–Crippen LogP) is 4.12. The number of phenols is 1. The quantitative estimate of drug-likeness (QED) is 0.716. The van der Waals surface area contributed by atoms with Crippen molar-refractivity contribution in [2.45, 2.75) is 45.1 Å². The van der Waals surface area contributed by atoms with E-state index in [-0.39, 0.29) is 38.3 Å². The smallest absolute Gasteiger partial charge is 0.127 e. The topological polar surface area (TPSA) is 29.5 Å². The molecule has 2 unspecified atom stereocenters. The molecule has 0 saturated carbocycles. The summed E-state index contributed by atoms with van der Waals surface area (Å²) in [7, 11) is 0. The molecule has 0 spiro atoms. The molecule has 1 aliphatic heterocycles. The van der Waals surface area contributed by atoms with E-state index in [0.29, 0.717) is 17.6 Å². The van der Waals surface area contributed by atoms with Gasteiger partial charge in [-0.05, 0) is 50.3 Å². The first-order valence-corrected chi connectivity index (χ1v) is 6.92. The van der Waals surface area contributed by atoms with Gasteiger partial charge in [-0.15, -0.1) is 0 Å². The third kappa shape index (κ3) is 2.53. The van der Waals surface area contributed by atoms with Gasteiger partial charge in [0.25, 0.3) is 0 Å². The minimum absolute atomic E-state index is 0. The molecule has 1 N–H and O–H groups in total. The fourth-order valence-corrected chi connectivity index (χ4v) is 3.60. The Morgan fingerprint density at radius 2 is 2.05 bits per heavy atom. The number of phenolic OH excluding ortho intramolecular Hbond substituents is 1. The Bertz CT molecular complexity index is 560. The molecule has 0 bridgehead atoms. The Balaban J connectivity index is 0.00000147. The molecule has 3 heteroatoms. The maximum atomic E-state index is 10.3. The maximum absolute atomic E-state index is 10.3. The molecule has 1 heterocycles. The summed E-state index contributed by atoms with van der Waals surface area (Å²) >= 11 is 0. The summed E-state index contributed by atoms with van der Waals surface area (Å²) in [6, 6.07) is 3.87. The van der Waals surface area contributed by atoms with E-state index in [1.807, 2.05) is 19.1 Å². The molecule has 1 aromatic rings. The van der Waals surface area contributed by atoms with Crippen molar-refractivity contribution in [2.75, 3.05) is 0 Å². The molecule has 0 saturated heterocycles. The second kappa shape index (κ2) is 5.38. The molecule has 3 rings (SSSR count). The van der Waals surface area contributed by atoms with Gasteiger partial charge >= 0.3 is 0 Å². The number of hydrogen-bond acceptors (Lipinski definition) is 2. The molecule has 1 aromatic carbocycles. The van der Waals surface area contributed by atoms with Crippen LogP contribution in [0.15, 0.2) is 23.8 Å². The van der Waals surface area contributed by atoms with Crippen LogP contribution < -0.4 is 4.74 Å². The van der Waals surface area contributed by atoms with Crippen LogP contribution in [0.2, 0.25) is 0 Å². The van der Waals surface area contributed by atoms with Gasteiger partial charge in [0, 0.05) is 38.3 Å². The summed E-state index contributed by atoms with van der Waals surface area (Å²) in [5.41, 5.74) is 2.98. The number of benzene rings is 1. The fourth-order valence-electron chi connectivity index (χ4n) is 3.60. The Hall–Kier alpha value is -0.466. The van der Waals surface area contributed by atoms with Crippen molar-refractivity contribution in [3.63, 3.8) is 0 Å². The van der Waals surface area contributed by atoms with Gasteiger partial charge in [-0.2, -0.15) is 0 Å². The zero-order chi connectivity index (χ0) is 13.8. The number of aromatic hydroxyl groups is 1. The summed E-state index contributed by atoms with van der Waals surface area (Å²) in [5.74, 6) is 1.93. The predicted molar refractivity (Wildman–Crippen MR) is 76.5 cm³/mol. The fraction of sp³-hybridized carbons (Fsp3) is 0.471. The number of aryl methyl sites for hydroxylation is 1. The second-order valence-electron chi connectivity index (χ2n) is 6.42. The van der Waals surface area contributed by atoms with Crippen LogP contribution >= 0.6 is 0 Å². The number of ether oxygens (including phenoxy) is 1. The average molecular weight is 346 g/mol. The van der Waals surface area contributed by atoms with Crippen LogP contribution in [0, 0.1) is 19.8 Å². The molecule has 1 aliphatic carbocycles. The number of hydrogen-bond donors (Lipinski definition) is 1. The summed E-state index contributed by atoms with van der Waals surface area (Å²) in [4.78, 5) is 0. The first kappa shape index (κ1) is 15.9. The van der Waals surface area contributed by atoms with Gasteiger partial charge in [0.1, 0.15) is 17.1 Å². The van der Waals surface area contributed by atoms with E-state index in [0.717, 1.165) is 29.7 Å². The van der Waals surface area contributed by atoms with Crippen LogP contribution in [-0.2, 0) is 32.7 Å². The average Bonchev–Trinajstić information content (AvgIpc) is 2.25. The van der Waals surface area contributed by atoms with E-state index in [4.69, 9.17) is 4.74 Å². The summed E-state index contributed by atoms with van der Waals surface area (Å²) in [5, 5.41) is 10.3. The zero-order valence-electron chi connectivity index (χ0n) is 12.4. The third-order valence-electron chi connectivity index (χ3n) is 4.53. The van der Waals surface area contributed by atoms with Crippen LogP contribution in [0.5, 0.6) is 11.5 Å². The van der Waals surface area contributed by atoms with Gasteiger partial charge in [0.05, 0.1) is 0 Å². The van der Waals surface area contributed by atoms with E-state index in [2.05, 4.69) is 26.8 Å². The molecule has 0 amide bonds. The second-order valence-corrected chi connectivity index (χ2v) is 6.42. The SMILES string of the molecule is [CH2-]C1=CCC2C(C1)c1c(O)cc(C)cc1OC2(C)C.[Y]. The van der Waals surface area contributed by atoms with Gasteiger partial charge in [-0.25, -0.2) is 18.6 Å². The normalized spacial score (nSPS) is 26.4. The number of rotatable bonds is 0. The molecule has 2 atom stereocenters. The largest absolute Gasteiger partial charge is 0.508 e. The van der Waals surface area contributed by atoms with Crippen molar-refractivity contribution in [2.24, 2.45) is 5.92 Å². The Morgan fingerprint density at radius 3 is 2.75 bits per heavy atom. The van der Waals surface area contributed by atoms with Crippen molar-refractivity contribution in [3.05, 3.63) is 41.8 Å². The van der Waals surface area contributed by atoms with Crippen LogP contribution in [0.25, 0.3) is 0 Å². The summed E-state index contributed by atoms with van der Waals surface area (Å²) < 4.78 is 6.18. The van der Waals surface area contributed by atoms with E-state index in [1.165, 1.54) is 5.57 Å². The van der Waals surface area contributed by atoms with Crippen molar-refractivity contribution < 1.29 is 42.6 Å². The minimum atomic E-state index is -0.199. The van der Waals surface area contributed by atoms with E-state index < -0.39 is 0 Å². The monoisotopic (exact) mass is 346 g/mol. The van der Waals surface area contributed by atoms with Crippen molar-refractivity contribution in [3.8, 4) is 11.5 Å². The number of allylic oxidation sites excluding steroid dienone is 2. The molecule has 2 aliphatic rings. The third-order valence-corrected chi connectivity index (χ3v) is 4.53. The molecular weight excluding hydrogens is 325 g/mol. The van der Waals surface area contributed by atoms with E-state index in [1.54, 1.807) is 0 Å². The Kier molecular flexibility index (Phi) is 4.28. The molecule has 20 heavy (non-hydrogen) atoms. The van der Waals surface area contributed by atoms with Gasteiger partial charge in [-0.1, -0.05) is 12.8 Å². The van der Waals surface area contributed by atoms with Crippen LogP contribution in [0.1, 0.15) is 43.7 Å². The van der Waals surface area contributed by atoms with Gasteiger partial charge in [0.15, 0.2) is 0 Å². The van der Waals surface area contributed by atoms with Gasteiger partial charge < -0.3 is 9.84 Å². The van der Waals surface area contributed by atoms with E-state index >= 15 is 0 Å². The molecule has 0 fully saturated rings. The van der Waals surface area contributed by atoms with E-state index in [9.17, 15) is 5.11 Å². The molecule has 1 radical (unpaired) electrons. The number of fused-ring (bicyclic) bond motifs is 3. The molecule has 0 aromatic heterocycles. The zero-order valence-corrected chi connectivity index (χ0v) is 15.3. The first-order chi connectivity index (χ1) is 8.88. The van der Waals surface area contributed by atoms with Crippen LogP contribution in [0.3, 0.4) is 0 Å². The van der Waals surface area contributed by atoms with Gasteiger partial charge in [0.2, 0.25) is 0 Å². The molecule has 105 valence electrons. The Labute approximate surface area is 146 Å². The van der Waals surface area contributed by atoms with Crippen molar-refractivity contribution in [1.82, 2.24) is 0 Å². The molecule has 2 nitrogen and oxygen atoms in total. The standard InChI is InChI=1S/C17H21O2.Y/c1-10-5-6-13-12(7-10)16-14(18)8-11(2)9-15(16)19-17(13,3)4;/h5,8-9,12-13,18H,1,6-7H2,2-4H3;/q-1;. The maximum Gasteiger partial charge on any atom is 0.127 e. The summed E-state index contributed by atoms with van der Waals surface area (Å²) in [6.45, 7) is 10.4. The van der Waals surface area contributed by atoms with Crippen LogP contribution in [-0.4, -0.2) is 10.7 Å². The van der Waals surface area contributed by atoms with Gasteiger partial charge in [-0.3, -0.25) is 0 Å². The van der Waals surface area contributed by atoms with Crippen molar-refractivity contribution in [1.29, 1.82) is 0 Å². The van der Waals surface area contributed by atoms with Crippen molar-refractivity contribution >= 4 is 0 Å². The first-order valence-electron chi connectivity index (χ1n) is 6.92. The Morgan fingerprint density at radius 1 is 1.35 bits per heavy atom. The molecular formula is C17H21O2Y-.